The minimum Gasteiger partial charge on any atom is -0.400 e. The summed E-state index contributed by atoms with van der Waals surface area (Å²) in [7, 11) is 0. The Morgan fingerprint density at radius 1 is 1.25 bits per heavy atom. The fourth-order valence-electron chi connectivity index (χ4n) is 4.42. The molecule has 3 aliphatic rings. The lowest BCUT2D eigenvalue weighted by molar-refractivity contribution is -0.125. The van der Waals surface area contributed by atoms with Crippen molar-refractivity contribution >= 4 is 12.1 Å². The van der Waals surface area contributed by atoms with Gasteiger partial charge in [0.2, 0.25) is 0 Å². The first-order valence-corrected chi connectivity index (χ1v) is 7.86. The maximum atomic E-state index is 12.8. The first kappa shape index (κ1) is 16.0. The molecule has 24 heavy (non-hydrogen) atoms. The third-order valence-electron chi connectivity index (χ3n) is 5.84. The maximum Gasteiger partial charge on any atom is 0.172 e. The van der Waals surface area contributed by atoms with Gasteiger partial charge >= 0.3 is 0 Å². The third-order valence-corrected chi connectivity index (χ3v) is 5.84. The molecule has 0 aromatic rings. The van der Waals surface area contributed by atoms with Crippen LogP contribution in [-0.2, 0) is 9.59 Å². The van der Waals surface area contributed by atoms with Gasteiger partial charge in [-0.25, -0.2) is 0 Å². The van der Waals surface area contributed by atoms with Crippen molar-refractivity contribution in [1.29, 1.82) is 15.8 Å². The summed E-state index contributed by atoms with van der Waals surface area (Å²) in [5, 5.41) is 28.9. The molecule has 0 aromatic carbocycles. The van der Waals surface area contributed by atoms with Crippen LogP contribution in [0.1, 0.15) is 25.7 Å². The molecule has 0 amide bonds. The lowest BCUT2D eigenvalue weighted by Crippen LogP contribution is -2.42. The number of carbonyl (C=O) groups excluding carboxylic acids is 2. The fraction of sp³-hybridized carbons (Fsp3) is 0.500. The Labute approximate surface area is 139 Å². The second-order valence-electron chi connectivity index (χ2n) is 6.91. The molecule has 0 saturated heterocycles. The van der Waals surface area contributed by atoms with Crippen LogP contribution in [-0.4, -0.2) is 12.1 Å². The van der Waals surface area contributed by atoms with Crippen LogP contribution in [0.2, 0.25) is 0 Å². The molecule has 0 aliphatic heterocycles. The van der Waals surface area contributed by atoms with E-state index >= 15 is 0 Å². The van der Waals surface area contributed by atoms with Crippen LogP contribution < -0.4 is 5.73 Å². The van der Waals surface area contributed by atoms with E-state index in [4.69, 9.17) is 5.73 Å². The van der Waals surface area contributed by atoms with E-state index in [0.717, 1.165) is 12.8 Å². The number of fused-ring (bicyclic) bond motifs is 2. The fourth-order valence-corrected chi connectivity index (χ4v) is 4.42. The van der Waals surface area contributed by atoms with Gasteiger partial charge in [-0.05, 0) is 24.7 Å². The van der Waals surface area contributed by atoms with Gasteiger partial charge in [0.15, 0.2) is 5.41 Å². The number of nitrogens with zero attached hydrogens (tertiary/aromatic N) is 3. The van der Waals surface area contributed by atoms with Crippen LogP contribution >= 0.6 is 0 Å². The predicted molar refractivity (Wildman–Crippen MR) is 82.1 cm³/mol. The zero-order valence-corrected chi connectivity index (χ0v) is 13.0. The van der Waals surface area contributed by atoms with Crippen LogP contribution in [0.4, 0.5) is 0 Å². The number of Topliss-reactive ketones (excluding diaryl/α,β-unsaturated/α-hetero) is 1. The van der Waals surface area contributed by atoms with Crippen LogP contribution in [0.5, 0.6) is 0 Å². The van der Waals surface area contributed by atoms with Crippen LogP contribution in [0, 0.1) is 62.6 Å². The van der Waals surface area contributed by atoms with Gasteiger partial charge in [0.05, 0.1) is 18.2 Å². The number of nitrogens with two attached hydrogens (primary N) is 1. The monoisotopic (exact) mass is 320 g/mol. The molecular weight excluding hydrogens is 304 g/mol. The molecule has 1 fully saturated rings. The molecule has 6 heteroatoms. The van der Waals surface area contributed by atoms with E-state index in [1.165, 1.54) is 0 Å². The quantitative estimate of drug-likeness (QED) is 0.617. The number of hydrogen-bond acceptors (Lipinski definition) is 6. The van der Waals surface area contributed by atoms with E-state index in [2.05, 4.69) is 6.08 Å². The van der Waals surface area contributed by atoms with Crippen LogP contribution in [0.3, 0.4) is 0 Å². The number of hydrogen-bond donors (Lipinski definition) is 1. The minimum absolute atomic E-state index is 0.0697. The summed E-state index contributed by atoms with van der Waals surface area (Å²) < 4.78 is 0. The highest BCUT2D eigenvalue weighted by molar-refractivity contribution is 5.86. The topological polar surface area (TPSA) is 132 Å². The van der Waals surface area contributed by atoms with Crippen molar-refractivity contribution in [2.75, 3.05) is 0 Å². The summed E-state index contributed by atoms with van der Waals surface area (Å²) in [6, 6.07) is 5.68. The number of allylic oxidation sites excluding steroid dienone is 4. The maximum absolute atomic E-state index is 12.8. The zero-order chi connectivity index (χ0) is 17.5. The number of nitriles is 3. The number of carbonyl (C=O) groups is 2. The minimum atomic E-state index is -1.80. The van der Waals surface area contributed by atoms with Gasteiger partial charge in [0.25, 0.3) is 0 Å². The summed E-state index contributed by atoms with van der Waals surface area (Å²) in [6.07, 6.45) is 5.77. The molecule has 1 saturated carbocycles. The second kappa shape index (κ2) is 5.32. The first-order valence-electron chi connectivity index (χ1n) is 7.86. The van der Waals surface area contributed by atoms with Gasteiger partial charge in [0.1, 0.15) is 17.5 Å². The lowest BCUT2D eigenvalue weighted by atomic mass is 9.63. The van der Waals surface area contributed by atoms with E-state index in [9.17, 15) is 25.4 Å². The Kier molecular flexibility index (Phi) is 3.54. The molecule has 0 heterocycles. The average molecular weight is 320 g/mol. The molecule has 4 unspecified atom stereocenters. The number of ketones is 1. The summed E-state index contributed by atoms with van der Waals surface area (Å²) >= 11 is 0. The van der Waals surface area contributed by atoms with Gasteiger partial charge < -0.3 is 5.73 Å². The molecule has 3 aliphatic carbocycles. The summed E-state index contributed by atoms with van der Waals surface area (Å²) in [4.78, 5) is 24.1. The van der Waals surface area contributed by atoms with E-state index in [1.807, 2.05) is 24.3 Å². The second-order valence-corrected chi connectivity index (χ2v) is 6.91. The van der Waals surface area contributed by atoms with Gasteiger partial charge in [0, 0.05) is 30.0 Å². The van der Waals surface area contributed by atoms with Crippen molar-refractivity contribution in [3.05, 3.63) is 23.4 Å². The van der Waals surface area contributed by atoms with Gasteiger partial charge in [-0.15, -0.1) is 0 Å². The smallest absolute Gasteiger partial charge is 0.172 e. The standard InChI is InChI=1S/C18H16N4O2/c19-8-17(9-20)5-13(7-23)16(22)18(17,10-21)6-15(24)14-4-11-1-2-12(14)3-11/h1-2,7,11-12,14H,3-6,22H2. The van der Waals surface area contributed by atoms with Crippen molar-refractivity contribution in [2.45, 2.75) is 25.7 Å². The first-order chi connectivity index (χ1) is 11.5. The number of rotatable bonds is 4. The third kappa shape index (κ3) is 1.85. The van der Waals surface area contributed by atoms with E-state index < -0.39 is 10.8 Å². The molecule has 0 radical (unpaired) electrons. The van der Waals surface area contributed by atoms with E-state index in [1.54, 1.807) is 0 Å². The Balaban J connectivity index is 1.99. The van der Waals surface area contributed by atoms with Gasteiger partial charge in [-0.3, -0.25) is 9.59 Å². The lowest BCUT2D eigenvalue weighted by Gasteiger charge is -2.32. The zero-order valence-electron chi connectivity index (χ0n) is 13.0. The van der Waals surface area contributed by atoms with Crippen molar-refractivity contribution in [2.24, 2.45) is 34.3 Å². The molecule has 6 nitrogen and oxygen atoms in total. The highest BCUT2D eigenvalue weighted by Gasteiger charge is 2.62. The Hall–Kier alpha value is -2.91. The van der Waals surface area contributed by atoms with Gasteiger partial charge in [-0.2, -0.15) is 15.8 Å². The SMILES string of the molecule is N#CC1(C#N)CC(C=O)=C(N)C1(C#N)CC(=O)C1CC2C=CC1C2. The molecule has 2 N–H and O–H groups in total. The molecule has 0 aromatic heterocycles. The van der Waals surface area contributed by atoms with E-state index in [-0.39, 0.29) is 41.7 Å². The average Bonchev–Trinajstić information content (AvgIpc) is 3.29. The summed E-state index contributed by atoms with van der Waals surface area (Å²) in [6.45, 7) is 0. The Bertz CT molecular complexity index is 790. The summed E-state index contributed by atoms with van der Waals surface area (Å²) in [5.74, 6) is 0.196. The molecule has 3 rings (SSSR count). The van der Waals surface area contributed by atoms with Crippen molar-refractivity contribution in [3.63, 3.8) is 0 Å². The molecule has 0 spiro atoms. The molecular formula is C18H16N4O2. The molecule has 2 bridgehead atoms. The normalized spacial score (nSPS) is 35.3. The van der Waals surface area contributed by atoms with Crippen molar-refractivity contribution < 1.29 is 9.59 Å². The highest BCUT2D eigenvalue weighted by atomic mass is 16.1. The van der Waals surface area contributed by atoms with Crippen LogP contribution in [0.25, 0.3) is 0 Å². The van der Waals surface area contributed by atoms with Crippen molar-refractivity contribution in [1.82, 2.24) is 0 Å². The van der Waals surface area contributed by atoms with E-state index in [0.29, 0.717) is 12.2 Å². The highest BCUT2D eigenvalue weighted by Crippen LogP contribution is 2.56. The predicted octanol–water partition coefficient (Wildman–Crippen LogP) is 1.52. The molecule has 120 valence electrons. The Morgan fingerprint density at radius 3 is 2.42 bits per heavy atom. The largest absolute Gasteiger partial charge is 0.400 e. The number of aldehydes is 1. The van der Waals surface area contributed by atoms with Crippen molar-refractivity contribution in [3.8, 4) is 18.2 Å². The Morgan fingerprint density at radius 2 is 1.96 bits per heavy atom. The summed E-state index contributed by atoms with van der Waals surface area (Å²) in [5.41, 5.74) is 2.40. The van der Waals surface area contributed by atoms with Gasteiger partial charge in [-0.1, -0.05) is 12.2 Å². The van der Waals surface area contributed by atoms with Crippen LogP contribution in [0.15, 0.2) is 23.4 Å². The molecule has 4 atom stereocenters.